The SMILES string of the molecule is CCCCCCCCOC(=O)c1ccc(-c2cccc3c2C(=O)c2ccccc2C3=O)cc1C(=O)OCCCCCCCC. The summed E-state index contributed by atoms with van der Waals surface area (Å²) < 4.78 is 11.2. The summed E-state index contributed by atoms with van der Waals surface area (Å²) in [6, 6.07) is 16.8. The third kappa shape index (κ3) is 8.10. The van der Waals surface area contributed by atoms with Gasteiger partial charge in [0.15, 0.2) is 11.6 Å². The highest BCUT2D eigenvalue weighted by molar-refractivity contribution is 6.30. The Kier molecular flexibility index (Phi) is 12.5. The van der Waals surface area contributed by atoms with Crippen molar-refractivity contribution in [1.29, 1.82) is 0 Å². The first-order chi connectivity index (χ1) is 21.5. The summed E-state index contributed by atoms with van der Waals surface area (Å²) in [6.45, 7) is 4.88. The van der Waals surface area contributed by atoms with Gasteiger partial charge in [0.05, 0.1) is 24.3 Å². The average molecular weight is 597 g/mol. The zero-order valence-corrected chi connectivity index (χ0v) is 26.1. The quantitative estimate of drug-likeness (QED) is 0.0892. The molecular weight excluding hydrogens is 552 g/mol. The van der Waals surface area contributed by atoms with Gasteiger partial charge in [-0.25, -0.2) is 9.59 Å². The summed E-state index contributed by atoms with van der Waals surface area (Å²) in [5.74, 6) is -1.65. The van der Waals surface area contributed by atoms with Crippen LogP contribution in [0.3, 0.4) is 0 Å². The van der Waals surface area contributed by atoms with E-state index in [1.54, 1.807) is 60.7 Å². The number of carbonyl (C=O) groups excluding carboxylic acids is 4. The zero-order chi connectivity index (χ0) is 31.3. The summed E-state index contributed by atoms with van der Waals surface area (Å²) in [6.07, 6.45) is 12.7. The van der Waals surface area contributed by atoms with Crippen LogP contribution in [0.25, 0.3) is 11.1 Å². The van der Waals surface area contributed by atoms with Crippen molar-refractivity contribution in [2.75, 3.05) is 13.2 Å². The normalized spacial score (nSPS) is 12.0. The summed E-state index contributed by atoms with van der Waals surface area (Å²) >= 11 is 0. The molecule has 0 atom stereocenters. The average Bonchev–Trinajstić information content (AvgIpc) is 3.05. The van der Waals surface area contributed by atoms with E-state index in [-0.39, 0.29) is 35.9 Å². The molecule has 0 bridgehead atoms. The fraction of sp³-hybridized carbons (Fsp3) is 0.421. The van der Waals surface area contributed by atoms with Gasteiger partial charge < -0.3 is 9.47 Å². The van der Waals surface area contributed by atoms with Crippen molar-refractivity contribution in [2.45, 2.75) is 90.9 Å². The second-order valence-corrected chi connectivity index (χ2v) is 11.5. The number of benzene rings is 3. The molecule has 0 aromatic heterocycles. The van der Waals surface area contributed by atoms with Gasteiger partial charge >= 0.3 is 11.9 Å². The van der Waals surface area contributed by atoms with Crippen LogP contribution < -0.4 is 0 Å². The van der Waals surface area contributed by atoms with Gasteiger partial charge in [0.1, 0.15) is 0 Å². The molecule has 0 heterocycles. The minimum atomic E-state index is -0.607. The predicted octanol–water partition coefficient (Wildman–Crippen LogP) is 9.16. The fourth-order valence-electron chi connectivity index (χ4n) is 5.69. The first kappa shape index (κ1) is 32.8. The van der Waals surface area contributed by atoms with Crippen LogP contribution in [-0.4, -0.2) is 36.7 Å². The minimum Gasteiger partial charge on any atom is -0.462 e. The molecule has 4 rings (SSSR count). The molecule has 0 spiro atoms. The van der Waals surface area contributed by atoms with Gasteiger partial charge in [0.25, 0.3) is 0 Å². The third-order valence-electron chi connectivity index (χ3n) is 8.18. The summed E-state index contributed by atoms with van der Waals surface area (Å²) in [7, 11) is 0. The van der Waals surface area contributed by atoms with Crippen LogP contribution in [0.5, 0.6) is 0 Å². The van der Waals surface area contributed by atoms with Crippen molar-refractivity contribution >= 4 is 23.5 Å². The number of rotatable bonds is 17. The highest BCUT2D eigenvalue weighted by Crippen LogP contribution is 2.35. The van der Waals surface area contributed by atoms with Crippen molar-refractivity contribution in [2.24, 2.45) is 0 Å². The molecule has 232 valence electrons. The van der Waals surface area contributed by atoms with E-state index < -0.39 is 11.9 Å². The molecule has 44 heavy (non-hydrogen) atoms. The van der Waals surface area contributed by atoms with Crippen molar-refractivity contribution in [3.05, 3.63) is 94.0 Å². The molecule has 0 radical (unpaired) electrons. The van der Waals surface area contributed by atoms with E-state index >= 15 is 0 Å². The molecular formula is C38H44O6. The van der Waals surface area contributed by atoms with E-state index in [1.807, 2.05) is 0 Å². The van der Waals surface area contributed by atoms with Crippen molar-refractivity contribution < 1.29 is 28.7 Å². The van der Waals surface area contributed by atoms with Crippen LogP contribution in [0.4, 0.5) is 0 Å². The highest BCUT2D eigenvalue weighted by atomic mass is 16.5. The molecule has 3 aromatic rings. The van der Waals surface area contributed by atoms with E-state index in [0.29, 0.717) is 33.4 Å². The lowest BCUT2D eigenvalue weighted by molar-refractivity contribution is 0.0450. The molecule has 0 unspecified atom stereocenters. The number of unbranched alkanes of at least 4 members (excludes halogenated alkanes) is 10. The van der Waals surface area contributed by atoms with E-state index in [2.05, 4.69) is 13.8 Å². The molecule has 0 saturated carbocycles. The number of ether oxygens (including phenoxy) is 2. The number of hydrogen-bond donors (Lipinski definition) is 0. The molecule has 0 amide bonds. The lowest BCUT2D eigenvalue weighted by Crippen LogP contribution is -2.21. The number of ketones is 2. The van der Waals surface area contributed by atoms with Gasteiger partial charge in [0.2, 0.25) is 0 Å². The van der Waals surface area contributed by atoms with E-state index in [0.717, 1.165) is 44.9 Å². The van der Waals surface area contributed by atoms with Crippen LogP contribution in [0.15, 0.2) is 60.7 Å². The lowest BCUT2D eigenvalue weighted by atomic mass is 9.80. The standard InChI is InChI=1S/C38H44O6/c1-3-5-7-9-11-15-24-43-37(41)31-23-22-27(26-33(31)38(42)44-25-16-12-10-8-6-4-2)28-20-17-21-32-34(28)36(40)30-19-14-13-18-29(30)35(32)39/h13-14,17-23,26H,3-12,15-16,24-25H2,1-2H3. The fourth-order valence-corrected chi connectivity index (χ4v) is 5.69. The van der Waals surface area contributed by atoms with Gasteiger partial charge in [-0.15, -0.1) is 0 Å². The third-order valence-corrected chi connectivity index (χ3v) is 8.18. The first-order valence-electron chi connectivity index (χ1n) is 16.3. The molecule has 1 aliphatic rings. The maximum absolute atomic E-state index is 13.6. The maximum Gasteiger partial charge on any atom is 0.339 e. The Morgan fingerprint density at radius 3 is 1.64 bits per heavy atom. The lowest BCUT2D eigenvalue weighted by Gasteiger charge is -2.20. The van der Waals surface area contributed by atoms with Crippen LogP contribution in [0.2, 0.25) is 0 Å². The second-order valence-electron chi connectivity index (χ2n) is 11.5. The first-order valence-corrected chi connectivity index (χ1v) is 16.3. The molecule has 3 aromatic carbocycles. The van der Waals surface area contributed by atoms with Crippen LogP contribution in [0.1, 0.15) is 143 Å². The minimum absolute atomic E-state index is 0.0917. The monoisotopic (exact) mass is 596 g/mol. The molecule has 0 saturated heterocycles. The Morgan fingerprint density at radius 1 is 0.523 bits per heavy atom. The summed E-state index contributed by atoms with van der Waals surface area (Å²) in [5, 5.41) is 0. The number of esters is 2. The van der Waals surface area contributed by atoms with Crippen LogP contribution in [-0.2, 0) is 9.47 Å². The summed E-state index contributed by atoms with van der Waals surface area (Å²) in [5.41, 5.74) is 2.63. The van der Waals surface area contributed by atoms with E-state index in [1.165, 1.54) is 32.1 Å². The Morgan fingerprint density at radius 2 is 1.02 bits per heavy atom. The summed E-state index contributed by atoms with van der Waals surface area (Å²) in [4.78, 5) is 53.5. The number of carbonyl (C=O) groups is 4. The Balaban J connectivity index is 1.58. The van der Waals surface area contributed by atoms with Gasteiger partial charge in [0, 0.05) is 22.3 Å². The van der Waals surface area contributed by atoms with Crippen molar-refractivity contribution in [1.82, 2.24) is 0 Å². The van der Waals surface area contributed by atoms with E-state index in [9.17, 15) is 19.2 Å². The molecule has 6 heteroatoms. The van der Waals surface area contributed by atoms with Gasteiger partial charge in [-0.05, 0) is 36.1 Å². The highest BCUT2D eigenvalue weighted by Gasteiger charge is 2.32. The molecule has 0 aliphatic heterocycles. The van der Waals surface area contributed by atoms with Gasteiger partial charge in [-0.1, -0.05) is 127 Å². The van der Waals surface area contributed by atoms with Crippen LogP contribution in [0, 0.1) is 0 Å². The Labute approximate surface area is 261 Å². The predicted molar refractivity (Wildman–Crippen MR) is 173 cm³/mol. The van der Waals surface area contributed by atoms with Crippen LogP contribution >= 0.6 is 0 Å². The van der Waals surface area contributed by atoms with Crippen molar-refractivity contribution in [3.8, 4) is 11.1 Å². The Hall–Kier alpha value is -4.06. The van der Waals surface area contributed by atoms with Crippen molar-refractivity contribution in [3.63, 3.8) is 0 Å². The molecule has 0 N–H and O–H groups in total. The Bertz CT molecular complexity index is 1470. The topological polar surface area (TPSA) is 86.7 Å². The van der Waals surface area contributed by atoms with Gasteiger partial charge in [-0.2, -0.15) is 0 Å². The smallest absolute Gasteiger partial charge is 0.339 e. The van der Waals surface area contributed by atoms with Gasteiger partial charge in [-0.3, -0.25) is 9.59 Å². The largest absolute Gasteiger partial charge is 0.462 e. The molecule has 1 aliphatic carbocycles. The second kappa shape index (κ2) is 16.7. The molecule has 6 nitrogen and oxygen atoms in total. The maximum atomic E-state index is 13.6. The zero-order valence-electron chi connectivity index (χ0n) is 26.1. The van der Waals surface area contributed by atoms with E-state index in [4.69, 9.17) is 9.47 Å². The number of fused-ring (bicyclic) bond motifs is 2. The number of hydrogen-bond acceptors (Lipinski definition) is 6. The molecule has 0 fully saturated rings.